The Morgan fingerprint density at radius 2 is 1.80 bits per heavy atom. The number of benzene rings is 1. The summed E-state index contributed by atoms with van der Waals surface area (Å²) in [6.07, 6.45) is 2.24. The summed E-state index contributed by atoms with van der Waals surface area (Å²) in [5.74, 6) is 0.720. The predicted octanol–water partition coefficient (Wildman–Crippen LogP) is 1.36. The summed E-state index contributed by atoms with van der Waals surface area (Å²) in [5, 5.41) is 0. The van der Waals surface area contributed by atoms with Crippen LogP contribution in [0.2, 0.25) is 0 Å². The maximum Gasteiger partial charge on any atom is 0.0413 e. The zero-order chi connectivity index (χ0) is 14.3. The largest absolute Gasteiger partial charge is 0.329 e. The molecule has 0 saturated carbocycles. The van der Waals surface area contributed by atoms with Crippen molar-refractivity contribution in [1.82, 2.24) is 9.80 Å². The molecule has 0 radical (unpaired) electrons. The lowest BCUT2D eigenvalue weighted by Crippen LogP contribution is -2.54. The van der Waals surface area contributed by atoms with Gasteiger partial charge in [-0.05, 0) is 44.0 Å². The molecule has 1 saturated heterocycles. The molecule has 2 aliphatic rings. The molecule has 1 heterocycles. The first-order chi connectivity index (χ1) is 9.55. The topological polar surface area (TPSA) is 32.5 Å². The van der Waals surface area contributed by atoms with Gasteiger partial charge in [-0.25, -0.2) is 0 Å². The Morgan fingerprint density at radius 3 is 2.25 bits per heavy atom. The van der Waals surface area contributed by atoms with Crippen LogP contribution >= 0.6 is 0 Å². The Labute approximate surface area is 122 Å². The van der Waals surface area contributed by atoms with Crippen molar-refractivity contribution in [2.45, 2.75) is 31.3 Å². The number of nitrogens with two attached hydrogens (primary N) is 1. The molecular formula is C17H27N3. The molecule has 1 fully saturated rings. The summed E-state index contributed by atoms with van der Waals surface area (Å²) >= 11 is 0. The van der Waals surface area contributed by atoms with Crippen molar-refractivity contribution in [3.63, 3.8) is 0 Å². The molecule has 2 atom stereocenters. The lowest BCUT2D eigenvalue weighted by molar-refractivity contribution is 0.122. The van der Waals surface area contributed by atoms with Crippen LogP contribution < -0.4 is 5.73 Å². The van der Waals surface area contributed by atoms with E-state index in [0.717, 1.165) is 31.8 Å². The van der Waals surface area contributed by atoms with Crippen molar-refractivity contribution in [3.8, 4) is 0 Å². The van der Waals surface area contributed by atoms with Gasteiger partial charge in [-0.15, -0.1) is 0 Å². The van der Waals surface area contributed by atoms with Crippen LogP contribution in [0.3, 0.4) is 0 Å². The third kappa shape index (κ3) is 2.18. The van der Waals surface area contributed by atoms with Crippen molar-refractivity contribution in [2.24, 2.45) is 11.7 Å². The van der Waals surface area contributed by atoms with Gasteiger partial charge in [0.15, 0.2) is 0 Å². The minimum atomic E-state index is 0.155. The number of rotatable bonds is 3. The van der Waals surface area contributed by atoms with Crippen LogP contribution in [0.25, 0.3) is 0 Å². The molecule has 20 heavy (non-hydrogen) atoms. The van der Waals surface area contributed by atoms with E-state index in [9.17, 15) is 0 Å². The quantitative estimate of drug-likeness (QED) is 0.903. The lowest BCUT2D eigenvalue weighted by atomic mass is 9.93. The van der Waals surface area contributed by atoms with Crippen molar-refractivity contribution in [2.75, 3.05) is 33.7 Å². The Bertz CT molecular complexity index is 458. The minimum absolute atomic E-state index is 0.155. The second-order valence-electron chi connectivity index (χ2n) is 6.96. The molecule has 1 aromatic carbocycles. The molecule has 1 aliphatic heterocycles. The predicted molar refractivity (Wildman–Crippen MR) is 83.8 cm³/mol. The fraction of sp³-hybridized carbons (Fsp3) is 0.647. The highest BCUT2D eigenvalue weighted by Crippen LogP contribution is 2.37. The Morgan fingerprint density at radius 1 is 1.20 bits per heavy atom. The van der Waals surface area contributed by atoms with Gasteiger partial charge in [0.2, 0.25) is 0 Å². The zero-order valence-electron chi connectivity index (χ0n) is 13.0. The summed E-state index contributed by atoms with van der Waals surface area (Å²) in [5.41, 5.74) is 9.39. The maximum atomic E-state index is 6.24. The van der Waals surface area contributed by atoms with E-state index in [2.05, 4.69) is 55.1 Å². The SMILES string of the molecule is CC1CN(C2(CN)Cc3ccccc3C2)CC1N(C)C. The van der Waals surface area contributed by atoms with Gasteiger partial charge in [0.05, 0.1) is 0 Å². The summed E-state index contributed by atoms with van der Waals surface area (Å²) in [6.45, 7) is 5.46. The molecule has 0 amide bonds. The first-order valence-corrected chi connectivity index (χ1v) is 7.74. The van der Waals surface area contributed by atoms with Gasteiger partial charge >= 0.3 is 0 Å². The van der Waals surface area contributed by atoms with Gasteiger partial charge in [-0.1, -0.05) is 31.2 Å². The van der Waals surface area contributed by atoms with E-state index in [-0.39, 0.29) is 5.54 Å². The van der Waals surface area contributed by atoms with Crippen LogP contribution in [0.5, 0.6) is 0 Å². The van der Waals surface area contributed by atoms with Crippen molar-refractivity contribution < 1.29 is 0 Å². The van der Waals surface area contributed by atoms with E-state index in [1.54, 1.807) is 0 Å². The van der Waals surface area contributed by atoms with Crippen LogP contribution in [0, 0.1) is 5.92 Å². The molecule has 3 rings (SSSR count). The maximum absolute atomic E-state index is 6.24. The highest BCUT2D eigenvalue weighted by molar-refractivity contribution is 5.37. The molecule has 3 heteroatoms. The van der Waals surface area contributed by atoms with Crippen molar-refractivity contribution in [3.05, 3.63) is 35.4 Å². The minimum Gasteiger partial charge on any atom is -0.329 e. The summed E-state index contributed by atoms with van der Waals surface area (Å²) < 4.78 is 0. The molecule has 3 nitrogen and oxygen atoms in total. The second kappa shape index (κ2) is 5.14. The van der Waals surface area contributed by atoms with E-state index in [4.69, 9.17) is 5.73 Å². The average Bonchev–Trinajstić information content (AvgIpc) is 2.99. The summed E-state index contributed by atoms with van der Waals surface area (Å²) in [4.78, 5) is 5.04. The van der Waals surface area contributed by atoms with Gasteiger partial charge < -0.3 is 10.6 Å². The van der Waals surface area contributed by atoms with Crippen LogP contribution in [0.4, 0.5) is 0 Å². The molecule has 1 aromatic rings. The lowest BCUT2D eigenvalue weighted by Gasteiger charge is -2.38. The zero-order valence-corrected chi connectivity index (χ0v) is 13.0. The van der Waals surface area contributed by atoms with Crippen LogP contribution in [0.15, 0.2) is 24.3 Å². The van der Waals surface area contributed by atoms with Crippen LogP contribution in [-0.4, -0.2) is 55.1 Å². The van der Waals surface area contributed by atoms with Gasteiger partial charge in [-0.3, -0.25) is 4.90 Å². The van der Waals surface area contributed by atoms with E-state index >= 15 is 0 Å². The monoisotopic (exact) mass is 273 g/mol. The second-order valence-corrected chi connectivity index (χ2v) is 6.96. The third-order valence-corrected chi connectivity index (χ3v) is 5.44. The first-order valence-electron chi connectivity index (χ1n) is 7.74. The number of likely N-dealkylation sites (N-methyl/N-ethyl adjacent to an activating group) is 1. The fourth-order valence-electron chi connectivity index (χ4n) is 4.18. The number of hydrogen-bond donors (Lipinski definition) is 1. The molecule has 0 aromatic heterocycles. The molecule has 2 unspecified atom stereocenters. The molecule has 1 aliphatic carbocycles. The number of fused-ring (bicyclic) bond motifs is 1. The van der Waals surface area contributed by atoms with E-state index in [0.29, 0.717) is 6.04 Å². The fourth-order valence-corrected chi connectivity index (χ4v) is 4.18. The standard InChI is InChI=1S/C17H27N3/c1-13-10-20(11-16(13)19(2)3)17(12-18)8-14-6-4-5-7-15(14)9-17/h4-7,13,16H,8-12,18H2,1-3H3. The smallest absolute Gasteiger partial charge is 0.0413 e. The third-order valence-electron chi connectivity index (χ3n) is 5.44. The molecule has 110 valence electrons. The molecular weight excluding hydrogens is 246 g/mol. The Kier molecular flexibility index (Phi) is 3.61. The summed E-state index contributed by atoms with van der Waals surface area (Å²) in [7, 11) is 4.40. The normalized spacial score (nSPS) is 29.1. The van der Waals surface area contributed by atoms with Crippen molar-refractivity contribution >= 4 is 0 Å². The van der Waals surface area contributed by atoms with Gasteiger partial charge in [0, 0.05) is 31.2 Å². The Balaban J connectivity index is 1.83. The van der Waals surface area contributed by atoms with Crippen LogP contribution in [-0.2, 0) is 12.8 Å². The molecule has 0 spiro atoms. The molecule has 2 N–H and O–H groups in total. The highest BCUT2D eigenvalue weighted by Gasteiger charge is 2.46. The number of likely N-dealkylation sites (tertiary alicyclic amines) is 1. The highest BCUT2D eigenvalue weighted by atomic mass is 15.3. The number of hydrogen-bond acceptors (Lipinski definition) is 3. The average molecular weight is 273 g/mol. The van der Waals surface area contributed by atoms with Crippen LogP contribution in [0.1, 0.15) is 18.1 Å². The number of nitrogens with zero attached hydrogens (tertiary/aromatic N) is 2. The van der Waals surface area contributed by atoms with E-state index in [1.807, 2.05) is 0 Å². The van der Waals surface area contributed by atoms with Gasteiger partial charge in [-0.2, -0.15) is 0 Å². The van der Waals surface area contributed by atoms with E-state index < -0.39 is 0 Å². The Hall–Kier alpha value is -0.900. The van der Waals surface area contributed by atoms with Crippen molar-refractivity contribution in [1.29, 1.82) is 0 Å². The van der Waals surface area contributed by atoms with E-state index in [1.165, 1.54) is 17.7 Å². The van der Waals surface area contributed by atoms with Gasteiger partial charge in [0.1, 0.15) is 0 Å². The van der Waals surface area contributed by atoms with Gasteiger partial charge in [0.25, 0.3) is 0 Å². The first kappa shape index (κ1) is 14.1. The molecule has 0 bridgehead atoms. The summed E-state index contributed by atoms with van der Waals surface area (Å²) in [6, 6.07) is 9.51.